The SMILES string of the molecule is NC(N)=NCCOc1ncccc1C(F)(F)F. The van der Waals surface area contributed by atoms with Gasteiger partial charge in [0.25, 0.3) is 0 Å². The molecule has 0 saturated carbocycles. The summed E-state index contributed by atoms with van der Waals surface area (Å²) in [6.07, 6.45) is -3.29. The zero-order valence-corrected chi connectivity index (χ0v) is 8.74. The van der Waals surface area contributed by atoms with Crippen LogP contribution in [0.15, 0.2) is 23.3 Å². The minimum absolute atomic E-state index is 0.0657. The number of ether oxygens (including phenoxy) is 1. The summed E-state index contributed by atoms with van der Waals surface area (Å²) in [5.41, 5.74) is 9.17. The summed E-state index contributed by atoms with van der Waals surface area (Å²) >= 11 is 0. The fraction of sp³-hybridized carbons (Fsp3) is 0.333. The smallest absolute Gasteiger partial charge is 0.421 e. The molecule has 1 aromatic heterocycles. The molecule has 0 aromatic carbocycles. The second-order valence-electron chi connectivity index (χ2n) is 3.01. The highest BCUT2D eigenvalue weighted by atomic mass is 19.4. The highest BCUT2D eigenvalue weighted by molar-refractivity contribution is 5.75. The Morgan fingerprint density at radius 1 is 1.41 bits per heavy atom. The van der Waals surface area contributed by atoms with Crippen LogP contribution in [0.5, 0.6) is 5.88 Å². The van der Waals surface area contributed by atoms with Crippen LogP contribution in [-0.4, -0.2) is 24.1 Å². The molecule has 1 heterocycles. The Morgan fingerprint density at radius 2 is 2.12 bits per heavy atom. The summed E-state index contributed by atoms with van der Waals surface area (Å²) in [4.78, 5) is 7.08. The van der Waals surface area contributed by atoms with Gasteiger partial charge in [0.2, 0.25) is 5.88 Å². The van der Waals surface area contributed by atoms with Crippen molar-refractivity contribution in [2.45, 2.75) is 6.18 Å². The number of rotatable bonds is 4. The molecule has 1 rings (SSSR count). The van der Waals surface area contributed by atoms with Gasteiger partial charge in [0, 0.05) is 6.20 Å². The standard InChI is InChI=1S/C9H11F3N4O/c10-9(11,12)6-2-1-3-15-7(6)17-5-4-16-8(13)14/h1-3H,4-5H2,(H4,13,14,16). The molecular weight excluding hydrogens is 237 g/mol. The zero-order valence-electron chi connectivity index (χ0n) is 8.74. The number of nitrogens with zero attached hydrogens (tertiary/aromatic N) is 2. The summed E-state index contributed by atoms with van der Waals surface area (Å²) in [6.45, 7) is -0.0196. The van der Waals surface area contributed by atoms with Crippen molar-refractivity contribution in [3.63, 3.8) is 0 Å². The van der Waals surface area contributed by atoms with Crippen molar-refractivity contribution in [2.75, 3.05) is 13.2 Å². The lowest BCUT2D eigenvalue weighted by Gasteiger charge is -2.11. The van der Waals surface area contributed by atoms with Gasteiger partial charge < -0.3 is 16.2 Å². The van der Waals surface area contributed by atoms with Crippen LogP contribution in [0.2, 0.25) is 0 Å². The summed E-state index contributed by atoms with van der Waals surface area (Å²) in [5, 5.41) is 0. The molecule has 0 fully saturated rings. The monoisotopic (exact) mass is 248 g/mol. The number of hydrogen-bond donors (Lipinski definition) is 2. The summed E-state index contributed by atoms with van der Waals surface area (Å²) in [6, 6.07) is 2.08. The predicted octanol–water partition coefficient (Wildman–Crippen LogP) is 0.753. The maximum atomic E-state index is 12.5. The number of alkyl halides is 3. The normalized spacial score (nSPS) is 11.0. The van der Waals surface area contributed by atoms with Crippen molar-refractivity contribution >= 4 is 5.96 Å². The molecule has 0 radical (unpaired) electrons. The van der Waals surface area contributed by atoms with Gasteiger partial charge in [-0.15, -0.1) is 0 Å². The molecule has 0 aliphatic carbocycles. The Balaban J connectivity index is 2.68. The number of aliphatic imine (C=N–C) groups is 1. The fourth-order valence-corrected chi connectivity index (χ4v) is 1.04. The molecule has 0 amide bonds. The lowest BCUT2D eigenvalue weighted by Crippen LogP contribution is -2.23. The van der Waals surface area contributed by atoms with Gasteiger partial charge in [0.05, 0.1) is 6.54 Å². The molecule has 0 unspecified atom stereocenters. The lowest BCUT2D eigenvalue weighted by atomic mass is 10.2. The Morgan fingerprint density at radius 3 is 2.71 bits per heavy atom. The van der Waals surface area contributed by atoms with Crippen molar-refractivity contribution < 1.29 is 17.9 Å². The number of aromatic nitrogens is 1. The average molecular weight is 248 g/mol. The van der Waals surface area contributed by atoms with Gasteiger partial charge in [0.15, 0.2) is 5.96 Å². The highest BCUT2D eigenvalue weighted by Gasteiger charge is 2.34. The van der Waals surface area contributed by atoms with Crippen LogP contribution in [0, 0.1) is 0 Å². The molecule has 0 spiro atoms. The molecule has 0 aliphatic heterocycles. The van der Waals surface area contributed by atoms with E-state index in [4.69, 9.17) is 16.2 Å². The van der Waals surface area contributed by atoms with Gasteiger partial charge in [-0.25, -0.2) is 4.98 Å². The molecule has 17 heavy (non-hydrogen) atoms. The summed E-state index contributed by atoms with van der Waals surface area (Å²) < 4.78 is 42.4. The second-order valence-corrected chi connectivity index (χ2v) is 3.01. The maximum absolute atomic E-state index is 12.5. The van der Waals surface area contributed by atoms with Crippen LogP contribution < -0.4 is 16.2 Å². The first-order valence-corrected chi connectivity index (χ1v) is 4.61. The van der Waals surface area contributed by atoms with Crippen LogP contribution in [0.4, 0.5) is 13.2 Å². The van der Waals surface area contributed by atoms with Crippen LogP contribution in [0.1, 0.15) is 5.56 Å². The van der Waals surface area contributed by atoms with E-state index in [0.717, 1.165) is 6.07 Å². The molecule has 0 bridgehead atoms. The topological polar surface area (TPSA) is 86.5 Å². The molecular formula is C9H11F3N4O. The average Bonchev–Trinajstić information content (AvgIpc) is 2.23. The number of guanidine groups is 1. The molecule has 0 aliphatic rings. The molecule has 5 nitrogen and oxygen atoms in total. The predicted molar refractivity (Wildman–Crippen MR) is 55.4 cm³/mol. The maximum Gasteiger partial charge on any atom is 0.421 e. The van der Waals surface area contributed by atoms with Crippen LogP contribution >= 0.6 is 0 Å². The van der Waals surface area contributed by atoms with Crippen LogP contribution in [0.3, 0.4) is 0 Å². The van der Waals surface area contributed by atoms with E-state index >= 15 is 0 Å². The molecule has 0 atom stereocenters. The van der Waals surface area contributed by atoms with E-state index in [2.05, 4.69) is 9.98 Å². The molecule has 8 heteroatoms. The zero-order chi connectivity index (χ0) is 12.9. The third-order valence-corrected chi connectivity index (χ3v) is 1.70. The number of nitrogens with two attached hydrogens (primary N) is 2. The molecule has 1 aromatic rings. The van der Waals surface area contributed by atoms with Crippen LogP contribution in [0.25, 0.3) is 0 Å². The van der Waals surface area contributed by atoms with E-state index in [0.29, 0.717) is 0 Å². The highest BCUT2D eigenvalue weighted by Crippen LogP contribution is 2.34. The minimum atomic E-state index is -4.50. The number of pyridine rings is 1. The fourth-order valence-electron chi connectivity index (χ4n) is 1.04. The Kier molecular flexibility index (Phi) is 4.13. The van der Waals surface area contributed by atoms with E-state index < -0.39 is 17.6 Å². The summed E-state index contributed by atoms with van der Waals surface area (Å²) in [5.74, 6) is -0.628. The van der Waals surface area contributed by atoms with Crippen molar-refractivity contribution in [3.8, 4) is 5.88 Å². The Hall–Kier alpha value is -1.99. The third-order valence-electron chi connectivity index (χ3n) is 1.70. The Labute approximate surface area is 95.3 Å². The quantitative estimate of drug-likeness (QED) is 0.467. The van der Waals surface area contributed by atoms with E-state index in [1.807, 2.05) is 0 Å². The Bertz CT molecular complexity index is 401. The first-order chi connectivity index (χ1) is 7.91. The summed E-state index contributed by atoms with van der Waals surface area (Å²) in [7, 11) is 0. The first kappa shape index (κ1) is 13.1. The first-order valence-electron chi connectivity index (χ1n) is 4.61. The van der Waals surface area contributed by atoms with Crippen LogP contribution in [-0.2, 0) is 6.18 Å². The van der Waals surface area contributed by atoms with Gasteiger partial charge in [-0.3, -0.25) is 4.99 Å². The largest absolute Gasteiger partial charge is 0.475 e. The van der Waals surface area contributed by atoms with Gasteiger partial charge >= 0.3 is 6.18 Å². The van der Waals surface area contributed by atoms with Gasteiger partial charge in [-0.1, -0.05) is 0 Å². The molecule has 0 saturated heterocycles. The molecule has 94 valence electrons. The third kappa shape index (κ3) is 4.17. The van der Waals surface area contributed by atoms with Gasteiger partial charge in [0.1, 0.15) is 12.2 Å². The van der Waals surface area contributed by atoms with Crippen molar-refractivity contribution in [3.05, 3.63) is 23.9 Å². The number of hydrogen-bond acceptors (Lipinski definition) is 3. The van der Waals surface area contributed by atoms with Crippen molar-refractivity contribution in [1.29, 1.82) is 0 Å². The van der Waals surface area contributed by atoms with Gasteiger partial charge in [-0.2, -0.15) is 13.2 Å². The number of halogens is 3. The van der Waals surface area contributed by atoms with E-state index in [1.165, 1.54) is 12.3 Å². The van der Waals surface area contributed by atoms with Crippen molar-refractivity contribution in [2.24, 2.45) is 16.5 Å². The van der Waals surface area contributed by atoms with E-state index in [9.17, 15) is 13.2 Å². The minimum Gasteiger partial charge on any atom is -0.475 e. The second kappa shape index (κ2) is 5.37. The van der Waals surface area contributed by atoms with E-state index in [1.54, 1.807) is 0 Å². The van der Waals surface area contributed by atoms with Crippen molar-refractivity contribution in [1.82, 2.24) is 4.98 Å². The lowest BCUT2D eigenvalue weighted by molar-refractivity contribution is -0.139. The van der Waals surface area contributed by atoms with E-state index in [-0.39, 0.29) is 19.1 Å². The van der Waals surface area contributed by atoms with Gasteiger partial charge in [-0.05, 0) is 12.1 Å². The molecule has 4 N–H and O–H groups in total.